The van der Waals surface area contributed by atoms with Crippen molar-refractivity contribution in [2.24, 2.45) is 5.92 Å². The van der Waals surface area contributed by atoms with Gasteiger partial charge in [-0.15, -0.1) is 0 Å². The summed E-state index contributed by atoms with van der Waals surface area (Å²) < 4.78 is 5.48. The highest BCUT2D eigenvalue weighted by molar-refractivity contribution is 5.33. The van der Waals surface area contributed by atoms with Gasteiger partial charge < -0.3 is 10.1 Å². The maximum atomic E-state index is 5.48. The van der Waals surface area contributed by atoms with E-state index in [9.17, 15) is 0 Å². The molecule has 2 fully saturated rings. The Hall–Kier alpha value is -1.06. The summed E-state index contributed by atoms with van der Waals surface area (Å²) in [7, 11) is 1.77. The molecule has 1 saturated carbocycles. The van der Waals surface area contributed by atoms with E-state index in [1.165, 1.54) is 31.4 Å². The second-order valence-corrected chi connectivity index (χ2v) is 6.47. The topological polar surface area (TPSA) is 24.5 Å². The van der Waals surface area contributed by atoms with Gasteiger partial charge in [0, 0.05) is 31.7 Å². The third-order valence-corrected chi connectivity index (χ3v) is 5.09. The summed E-state index contributed by atoms with van der Waals surface area (Å²) in [5.41, 5.74) is 1.33. The lowest BCUT2D eigenvalue weighted by Crippen LogP contribution is -2.57. The van der Waals surface area contributed by atoms with E-state index in [4.69, 9.17) is 4.74 Å². The zero-order chi connectivity index (χ0) is 14.7. The van der Waals surface area contributed by atoms with E-state index < -0.39 is 0 Å². The molecule has 3 heteroatoms. The fourth-order valence-corrected chi connectivity index (χ4v) is 3.55. The van der Waals surface area contributed by atoms with Crippen molar-refractivity contribution < 1.29 is 4.74 Å². The van der Waals surface area contributed by atoms with E-state index in [0.717, 1.165) is 37.2 Å². The molecule has 3 nitrogen and oxygen atoms in total. The van der Waals surface area contributed by atoms with Crippen LogP contribution in [-0.4, -0.2) is 43.7 Å². The first-order valence-electron chi connectivity index (χ1n) is 8.41. The van der Waals surface area contributed by atoms with E-state index in [-0.39, 0.29) is 0 Å². The first kappa shape index (κ1) is 14.9. The van der Waals surface area contributed by atoms with E-state index >= 15 is 0 Å². The molecule has 0 bridgehead atoms. The average molecular weight is 288 g/mol. The maximum Gasteiger partial charge on any atom is 0.122 e. The van der Waals surface area contributed by atoms with Crippen molar-refractivity contribution in [1.82, 2.24) is 10.2 Å². The molecule has 1 heterocycles. The van der Waals surface area contributed by atoms with Crippen molar-refractivity contribution in [3.8, 4) is 5.75 Å². The Labute approximate surface area is 128 Å². The fourth-order valence-electron chi connectivity index (χ4n) is 3.55. The van der Waals surface area contributed by atoms with Crippen LogP contribution in [0.1, 0.15) is 31.7 Å². The zero-order valence-electron chi connectivity index (χ0n) is 13.3. The molecule has 2 atom stereocenters. The van der Waals surface area contributed by atoms with E-state index in [2.05, 4.69) is 35.3 Å². The van der Waals surface area contributed by atoms with Gasteiger partial charge in [0.05, 0.1) is 7.11 Å². The molecule has 2 unspecified atom stereocenters. The first-order valence-corrected chi connectivity index (χ1v) is 8.41. The van der Waals surface area contributed by atoms with Crippen LogP contribution in [0.3, 0.4) is 0 Å². The lowest BCUT2D eigenvalue weighted by atomic mass is 10.0. The Morgan fingerprint density at radius 3 is 2.81 bits per heavy atom. The molecule has 1 N–H and O–H groups in total. The van der Waals surface area contributed by atoms with Gasteiger partial charge in [-0.3, -0.25) is 4.90 Å². The smallest absolute Gasteiger partial charge is 0.122 e. The molecule has 2 aliphatic rings. The number of hydrogen-bond donors (Lipinski definition) is 1. The van der Waals surface area contributed by atoms with E-state index in [0.29, 0.717) is 6.04 Å². The minimum atomic E-state index is 0.690. The largest absolute Gasteiger partial charge is 0.496 e. The second kappa shape index (κ2) is 6.80. The molecule has 1 aliphatic heterocycles. The number of para-hydroxylation sites is 1. The fraction of sp³-hybridized carbons (Fsp3) is 0.667. The van der Waals surface area contributed by atoms with Crippen molar-refractivity contribution in [3.05, 3.63) is 29.8 Å². The van der Waals surface area contributed by atoms with Gasteiger partial charge in [-0.2, -0.15) is 0 Å². The Bertz CT molecular complexity index is 458. The highest BCUT2D eigenvalue weighted by Crippen LogP contribution is 2.34. The Morgan fingerprint density at radius 2 is 2.10 bits per heavy atom. The molecule has 1 aliphatic carbocycles. The van der Waals surface area contributed by atoms with Gasteiger partial charge in [0.1, 0.15) is 5.75 Å². The Balaban J connectivity index is 1.61. The second-order valence-electron chi connectivity index (χ2n) is 6.47. The van der Waals surface area contributed by atoms with Crippen LogP contribution in [0.2, 0.25) is 0 Å². The van der Waals surface area contributed by atoms with Crippen molar-refractivity contribution in [2.45, 2.75) is 44.7 Å². The van der Waals surface area contributed by atoms with Crippen molar-refractivity contribution in [1.29, 1.82) is 0 Å². The number of rotatable bonds is 6. The van der Waals surface area contributed by atoms with Crippen LogP contribution in [0.25, 0.3) is 0 Å². The van der Waals surface area contributed by atoms with Crippen molar-refractivity contribution in [3.63, 3.8) is 0 Å². The van der Waals surface area contributed by atoms with E-state index in [1.54, 1.807) is 7.11 Å². The quantitative estimate of drug-likeness (QED) is 0.871. The maximum absolute atomic E-state index is 5.48. The van der Waals surface area contributed by atoms with Crippen molar-refractivity contribution >= 4 is 0 Å². The summed E-state index contributed by atoms with van der Waals surface area (Å²) in [4.78, 5) is 2.70. The molecule has 1 aromatic carbocycles. The third-order valence-electron chi connectivity index (χ3n) is 5.09. The minimum absolute atomic E-state index is 0.690. The molecular weight excluding hydrogens is 260 g/mol. The van der Waals surface area contributed by atoms with Crippen LogP contribution < -0.4 is 10.1 Å². The predicted molar refractivity (Wildman–Crippen MR) is 86.9 cm³/mol. The van der Waals surface area contributed by atoms with E-state index in [1.807, 2.05) is 6.07 Å². The lowest BCUT2D eigenvalue weighted by molar-refractivity contribution is 0.120. The lowest BCUT2D eigenvalue weighted by Gasteiger charge is -2.40. The third kappa shape index (κ3) is 3.58. The number of nitrogens with one attached hydrogen (secondary N) is 1. The van der Waals surface area contributed by atoms with Gasteiger partial charge in [0.2, 0.25) is 0 Å². The minimum Gasteiger partial charge on any atom is -0.496 e. The summed E-state index contributed by atoms with van der Waals surface area (Å²) in [6.45, 7) is 5.82. The monoisotopic (exact) mass is 288 g/mol. The highest BCUT2D eigenvalue weighted by Gasteiger charge is 2.36. The van der Waals surface area contributed by atoms with Crippen LogP contribution in [0.5, 0.6) is 5.75 Å². The van der Waals surface area contributed by atoms with Crippen LogP contribution in [-0.2, 0) is 6.42 Å². The molecule has 0 aromatic heterocycles. The average Bonchev–Trinajstić information content (AvgIpc) is 3.37. The van der Waals surface area contributed by atoms with Crippen LogP contribution in [0.15, 0.2) is 24.3 Å². The molecule has 21 heavy (non-hydrogen) atoms. The van der Waals surface area contributed by atoms with Crippen molar-refractivity contribution in [2.75, 3.05) is 26.7 Å². The highest BCUT2D eigenvalue weighted by atomic mass is 16.5. The SMILES string of the molecule is CCC1CNC(C2CC2)CN1CCc1ccccc1OC. The Kier molecular flexibility index (Phi) is 4.81. The molecule has 0 spiro atoms. The molecule has 1 aromatic rings. The molecule has 0 radical (unpaired) electrons. The van der Waals surface area contributed by atoms with Gasteiger partial charge in [-0.05, 0) is 43.2 Å². The van der Waals surface area contributed by atoms with Gasteiger partial charge in [0.25, 0.3) is 0 Å². The standard InChI is InChI=1S/C18H28N2O/c1-3-16-12-19-17(14-8-9-14)13-20(16)11-10-15-6-4-5-7-18(15)21-2/h4-7,14,16-17,19H,3,8-13H2,1-2H3. The molecule has 0 amide bonds. The van der Waals surface area contributed by atoms with Gasteiger partial charge >= 0.3 is 0 Å². The number of piperazine rings is 1. The summed E-state index contributed by atoms with van der Waals surface area (Å²) in [5.74, 6) is 1.97. The molecule has 1 saturated heterocycles. The normalized spacial score (nSPS) is 26.8. The number of benzene rings is 1. The van der Waals surface area contributed by atoms with Crippen LogP contribution in [0, 0.1) is 5.92 Å². The molecule has 116 valence electrons. The predicted octanol–water partition coefficient (Wildman–Crippen LogP) is 2.70. The van der Waals surface area contributed by atoms with Crippen LogP contribution >= 0.6 is 0 Å². The van der Waals surface area contributed by atoms with Gasteiger partial charge in [-0.1, -0.05) is 25.1 Å². The van der Waals surface area contributed by atoms with Gasteiger partial charge in [0.15, 0.2) is 0 Å². The van der Waals surface area contributed by atoms with Crippen LogP contribution in [0.4, 0.5) is 0 Å². The summed E-state index contributed by atoms with van der Waals surface area (Å²) in [6.07, 6.45) is 5.16. The number of nitrogens with zero attached hydrogens (tertiary/aromatic N) is 1. The number of hydrogen-bond acceptors (Lipinski definition) is 3. The molecular formula is C18H28N2O. The summed E-state index contributed by atoms with van der Waals surface area (Å²) >= 11 is 0. The number of methoxy groups -OCH3 is 1. The summed E-state index contributed by atoms with van der Waals surface area (Å²) in [6, 6.07) is 9.84. The first-order chi connectivity index (χ1) is 10.3. The van der Waals surface area contributed by atoms with Gasteiger partial charge in [-0.25, -0.2) is 0 Å². The Morgan fingerprint density at radius 1 is 1.29 bits per heavy atom. The number of ether oxygens (including phenoxy) is 1. The summed E-state index contributed by atoms with van der Waals surface area (Å²) in [5, 5.41) is 3.77. The molecule has 3 rings (SSSR count). The zero-order valence-corrected chi connectivity index (χ0v) is 13.3.